The van der Waals surface area contributed by atoms with Gasteiger partial charge >= 0.3 is 12.2 Å². The molecule has 6 nitrogen and oxygen atoms in total. The second kappa shape index (κ2) is 7.50. The number of urea groups is 1. The number of carbonyl (C=O) groups is 1. The van der Waals surface area contributed by atoms with Gasteiger partial charge in [0.15, 0.2) is 0 Å². The molecule has 1 aliphatic rings. The van der Waals surface area contributed by atoms with Crippen molar-refractivity contribution in [2.75, 3.05) is 6.54 Å². The van der Waals surface area contributed by atoms with E-state index in [9.17, 15) is 18.0 Å². The lowest BCUT2D eigenvalue weighted by Gasteiger charge is -2.09. The lowest BCUT2D eigenvalue weighted by molar-refractivity contribution is -0.137. The van der Waals surface area contributed by atoms with Crippen molar-refractivity contribution in [2.45, 2.75) is 37.6 Å². The van der Waals surface area contributed by atoms with Gasteiger partial charge in [-0.25, -0.2) is 9.86 Å². The third-order valence-electron chi connectivity index (χ3n) is 4.17. The van der Waals surface area contributed by atoms with Crippen molar-refractivity contribution in [3.05, 3.63) is 35.6 Å². The Labute approximate surface area is 152 Å². The van der Waals surface area contributed by atoms with Gasteiger partial charge in [0.1, 0.15) is 23.6 Å². The number of fused-ring (bicyclic) bond motifs is 1. The van der Waals surface area contributed by atoms with Crippen molar-refractivity contribution in [2.24, 2.45) is 5.73 Å². The Balaban J connectivity index is 1.63. The van der Waals surface area contributed by atoms with E-state index in [2.05, 4.69) is 11.8 Å². The number of halogens is 3. The fourth-order valence-electron chi connectivity index (χ4n) is 2.81. The molecule has 9 heteroatoms. The number of nitrogens with zero attached hydrogens (tertiary/aromatic N) is 1. The average Bonchev–Trinajstić information content (AvgIpc) is 3.23. The SMILES string of the molecule is NC(=O)N(O)CCC#C[C@H]1CC[C@@H](c2cc3cc(C(F)(F)F)ccc3o2)O1. The number of hydrogen-bond acceptors (Lipinski definition) is 4. The fraction of sp³-hybridized carbons (Fsp3) is 0.389. The Morgan fingerprint density at radius 2 is 2.11 bits per heavy atom. The van der Waals surface area contributed by atoms with Gasteiger partial charge in [0.05, 0.1) is 12.1 Å². The summed E-state index contributed by atoms with van der Waals surface area (Å²) >= 11 is 0. The first-order valence-corrected chi connectivity index (χ1v) is 8.24. The van der Waals surface area contributed by atoms with Crippen LogP contribution in [-0.4, -0.2) is 29.0 Å². The van der Waals surface area contributed by atoms with E-state index < -0.39 is 17.8 Å². The van der Waals surface area contributed by atoms with E-state index in [4.69, 9.17) is 20.1 Å². The van der Waals surface area contributed by atoms with Gasteiger partial charge in [-0.15, -0.1) is 0 Å². The van der Waals surface area contributed by atoms with Gasteiger partial charge in [0.2, 0.25) is 0 Å². The number of alkyl halides is 3. The molecular formula is C18H17F3N2O4. The topological polar surface area (TPSA) is 88.9 Å². The van der Waals surface area contributed by atoms with Crippen molar-refractivity contribution in [1.29, 1.82) is 0 Å². The normalized spacial score (nSPS) is 19.7. The van der Waals surface area contributed by atoms with E-state index in [0.717, 1.165) is 12.1 Å². The van der Waals surface area contributed by atoms with Crippen molar-refractivity contribution in [1.82, 2.24) is 5.06 Å². The number of benzene rings is 1. The first-order chi connectivity index (χ1) is 12.7. The number of ether oxygens (including phenoxy) is 1. The summed E-state index contributed by atoms with van der Waals surface area (Å²) < 4.78 is 49.8. The minimum absolute atomic E-state index is 0.0103. The third kappa shape index (κ3) is 4.53. The van der Waals surface area contributed by atoms with Crippen molar-refractivity contribution < 1.29 is 32.3 Å². The smallest absolute Gasteiger partial charge is 0.416 e. The number of primary amides is 1. The average molecular weight is 382 g/mol. The molecule has 2 atom stereocenters. The van der Waals surface area contributed by atoms with Gasteiger partial charge in [-0.1, -0.05) is 11.8 Å². The maximum Gasteiger partial charge on any atom is 0.416 e. The van der Waals surface area contributed by atoms with Gasteiger partial charge < -0.3 is 14.9 Å². The number of amides is 2. The third-order valence-corrected chi connectivity index (χ3v) is 4.17. The predicted molar refractivity (Wildman–Crippen MR) is 88.5 cm³/mol. The van der Waals surface area contributed by atoms with Crippen LogP contribution >= 0.6 is 0 Å². The quantitative estimate of drug-likeness (QED) is 0.480. The van der Waals surface area contributed by atoms with Gasteiger partial charge in [0.25, 0.3) is 0 Å². The molecule has 3 rings (SSSR count). The summed E-state index contributed by atoms with van der Waals surface area (Å²) in [7, 11) is 0. The monoisotopic (exact) mass is 382 g/mol. The molecule has 1 aliphatic heterocycles. The molecule has 0 saturated carbocycles. The van der Waals surface area contributed by atoms with Crippen LogP contribution in [0.3, 0.4) is 0 Å². The summed E-state index contributed by atoms with van der Waals surface area (Å²) in [6, 6.07) is 3.94. The van der Waals surface area contributed by atoms with Crippen LogP contribution in [-0.2, 0) is 10.9 Å². The highest BCUT2D eigenvalue weighted by molar-refractivity contribution is 5.79. The minimum atomic E-state index is -4.41. The molecule has 1 saturated heterocycles. The molecule has 0 radical (unpaired) electrons. The summed E-state index contributed by atoms with van der Waals surface area (Å²) in [5.41, 5.74) is 4.52. The number of furan rings is 1. The summed E-state index contributed by atoms with van der Waals surface area (Å²) in [6.45, 7) is -0.0103. The molecule has 0 unspecified atom stereocenters. The number of rotatable bonds is 3. The van der Waals surface area contributed by atoms with Gasteiger partial charge in [-0.05, 0) is 37.1 Å². The van der Waals surface area contributed by atoms with Gasteiger partial charge in [-0.2, -0.15) is 13.2 Å². The highest BCUT2D eigenvalue weighted by Crippen LogP contribution is 2.37. The summed E-state index contributed by atoms with van der Waals surface area (Å²) in [6.07, 6.45) is -3.65. The van der Waals surface area contributed by atoms with Crippen LogP contribution in [0, 0.1) is 11.8 Å². The zero-order valence-electron chi connectivity index (χ0n) is 14.1. The second-order valence-electron chi connectivity index (χ2n) is 6.12. The van der Waals surface area contributed by atoms with E-state index >= 15 is 0 Å². The maximum atomic E-state index is 12.8. The van der Waals surface area contributed by atoms with Crippen molar-refractivity contribution in [3.63, 3.8) is 0 Å². The fourth-order valence-corrected chi connectivity index (χ4v) is 2.81. The van der Waals surface area contributed by atoms with Crippen LogP contribution in [0.15, 0.2) is 28.7 Å². The van der Waals surface area contributed by atoms with E-state index in [1.54, 1.807) is 6.07 Å². The second-order valence-corrected chi connectivity index (χ2v) is 6.12. The molecule has 27 heavy (non-hydrogen) atoms. The molecule has 0 aliphatic carbocycles. The molecule has 2 heterocycles. The molecule has 144 valence electrons. The Morgan fingerprint density at radius 3 is 2.81 bits per heavy atom. The first-order valence-electron chi connectivity index (χ1n) is 8.24. The molecule has 2 aromatic rings. The molecule has 1 aromatic heterocycles. The van der Waals surface area contributed by atoms with E-state index in [1.165, 1.54) is 6.07 Å². The highest BCUT2D eigenvalue weighted by atomic mass is 19.4. The molecule has 0 spiro atoms. The number of carbonyl (C=O) groups excluding carboxylic acids is 1. The Kier molecular flexibility index (Phi) is 5.30. The number of nitrogens with two attached hydrogens (primary N) is 1. The highest BCUT2D eigenvalue weighted by Gasteiger charge is 2.32. The molecule has 0 bridgehead atoms. The first kappa shape index (κ1) is 19.1. The summed E-state index contributed by atoms with van der Waals surface area (Å²) in [5, 5.41) is 9.86. The number of hydrogen-bond donors (Lipinski definition) is 2. The lowest BCUT2D eigenvalue weighted by Crippen LogP contribution is -2.33. The van der Waals surface area contributed by atoms with Crippen LogP contribution < -0.4 is 5.73 Å². The van der Waals surface area contributed by atoms with Gasteiger partial charge in [-0.3, -0.25) is 5.21 Å². The predicted octanol–water partition coefficient (Wildman–Crippen LogP) is 3.84. The number of hydroxylamine groups is 2. The van der Waals surface area contributed by atoms with Crippen LogP contribution in [0.4, 0.5) is 18.0 Å². The zero-order chi connectivity index (χ0) is 19.6. The lowest BCUT2D eigenvalue weighted by atomic mass is 10.1. The Morgan fingerprint density at radius 1 is 1.33 bits per heavy atom. The van der Waals surface area contributed by atoms with Crippen LogP contribution in [0.5, 0.6) is 0 Å². The molecular weight excluding hydrogens is 365 g/mol. The van der Waals surface area contributed by atoms with Crippen molar-refractivity contribution >= 4 is 17.0 Å². The Bertz CT molecular complexity index is 897. The Hall–Kier alpha value is -2.70. The van der Waals surface area contributed by atoms with E-state index in [1.807, 2.05) is 0 Å². The van der Waals surface area contributed by atoms with Crippen molar-refractivity contribution in [3.8, 4) is 11.8 Å². The summed E-state index contributed by atoms with van der Waals surface area (Å²) in [5.74, 6) is 6.14. The van der Waals surface area contributed by atoms with Crippen LogP contribution in [0.1, 0.15) is 36.7 Å². The minimum Gasteiger partial charge on any atom is -0.458 e. The van der Waals surface area contributed by atoms with Crippen LogP contribution in [0.2, 0.25) is 0 Å². The van der Waals surface area contributed by atoms with E-state index in [-0.39, 0.29) is 25.2 Å². The molecule has 1 aromatic carbocycles. The van der Waals surface area contributed by atoms with E-state index in [0.29, 0.717) is 34.6 Å². The standard InChI is InChI=1S/C18H17F3N2O4/c19-18(20,21)12-4-6-14-11(9-12)10-16(27-14)15-7-5-13(26-15)3-1-2-8-23(25)17(22)24/h4,6,9-10,13,15,25H,2,5,7-8H2,(H2,22,24)/t13-,15-/m0/s1. The largest absolute Gasteiger partial charge is 0.458 e. The molecule has 2 amide bonds. The maximum absolute atomic E-state index is 12.8. The summed E-state index contributed by atoms with van der Waals surface area (Å²) in [4.78, 5) is 10.7. The van der Waals surface area contributed by atoms with Gasteiger partial charge in [0, 0.05) is 11.8 Å². The molecule has 3 N–H and O–H groups in total. The van der Waals surface area contributed by atoms with Crippen LogP contribution in [0.25, 0.3) is 11.0 Å². The zero-order valence-corrected chi connectivity index (χ0v) is 14.1. The molecule has 1 fully saturated rings.